The normalized spacial score (nSPS) is 25.5. The Bertz CT molecular complexity index is 711. The number of hydrogen-bond acceptors (Lipinski definition) is 4. The summed E-state index contributed by atoms with van der Waals surface area (Å²) in [6.07, 6.45) is 7.51. The number of amides is 2. The molecular weight excluding hydrogens is 364 g/mol. The minimum atomic E-state index is 0.121. The van der Waals surface area contributed by atoms with Gasteiger partial charge in [0.1, 0.15) is 0 Å². The highest BCUT2D eigenvalue weighted by atomic mass is 16.2. The second-order valence-corrected chi connectivity index (χ2v) is 8.71. The molecule has 0 spiro atoms. The molecular formula is C23H34N4O2. The van der Waals surface area contributed by atoms with Gasteiger partial charge < -0.3 is 20.4 Å². The molecule has 29 heavy (non-hydrogen) atoms. The maximum absolute atomic E-state index is 13.1. The molecule has 0 aliphatic carbocycles. The molecule has 0 aromatic heterocycles. The first-order valence-corrected chi connectivity index (χ1v) is 11.4. The Morgan fingerprint density at radius 1 is 0.931 bits per heavy atom. The smallest absolute Gasteiger partial charge is 0.255 e. The zero-order chi connectivity index (χ0) is 20.1. The highest BCUT2D eigenvalue weighted by Gasteiger charge is 2.30. The molecule has 1 aromatic carbocycles. The number of anilines is 1. The van der Waals surface area contributed by atoms with Crippen LogP contribution in [0.4, 0.5) is 5.69 Å². The van der Waals surface area contributed by atoms with Crippen LogP contribution in [0.15, 0.2) is 24.3 Å². The van der Waals surface area contributed by atoms with Crippen LogP contribution in [-0.2, 0) is 4.79 Å². The van der Waals surface area contributed by atoms with Gasteiger partial charge in [-0.1, -0.05) is 12.1 Å². The predicted molar refractivity (Wildman–Crippen MR) is 115 cm³/mol. The standard InChI is InChI=1S/C23H34N4O2/c28-22(18-8-6-12-24-16-18)27-15-7-9-19(17-27)25-21-11-3-2-10-20(21)23(29)26-13-4-1-5-14-26/h2-3,10-11,18-19,24-25H,1,4-9,12-17H2/t18?,19-/m1/s1. The number of nitrogens with zero attached hydrogens (tertiary/aromatic N) is 2. The van der Waals surface area contributed by atoms with Crippen molar-refractivity contribution in [2.24, 2.45) is 5.92 Å². The molecule has 3 saturated heterocycles. The average molecular weight is 399 g/mol. The van der Waals surface area contributed by atoms with Crippen molar-refractivity contribution in [3.63, 3.8) is 0 Å². The number of para-hydroxylation sites is 1. The van der Waals surface area contributed by atoms with E-state index < -0.39 is 0 Å². The fraction of sp³-hybridized carbons (Fsp3) is 0.652. The number of rotatable bonds is 4. The van der Waals surface area contributed by atoms with Crippen LogP contribution in [-0.4, -0.2) is 66.9 Å². The van der Waals surface area contributed by atoms with Gasteiger partial charge in [-0.05, 0) is 63.6 Å². The van der Waals surface area contributed by atoms with Gasteiger partial charge in [-0.15, -0.1) is 0 Å². The summed E-state index contributed by atoms with van der Waals surface area (Å²) < 4.78 is 0. The van der Waals surface area contributed by atoms with Crippen LogP contribution in [0, 0.1) is 5.92 Å². The van der Waals surface area contributed by atoms with Crippen LogP contribution in [0.2, 0.25) is 0 Å². The van der Waals surface area contributed by atoms with E-state index in [0.717, 1.165) is 89.0 Å². The maximum Gasteiger partial charge on any atom is 0.255 e. The van der Waals surface area contributed by atoms with Crippen molar-refractivity contribution in [2.45, 2.75) is 51.0 Å². The van der Waals surface area contributed by atoms with E-state index in [2.05, 4.69) is 10.6 Å². The Morgan fingerprint density at radius 2 is 1.72 bits per heavy atom. The molecule has 2 N–H and O–H groups in total. The molecule has 1 aromatic rings. The number of nitrogens with one attached hydrogen (secondary N) is 2. The molecule has 6 nitrogen and oxygen atoms in total. The average Bonchev–Trinajstić information content (AvgIpc) is 2.80. The summed E-state index contributed by atoms with van der Waals surface area (Å²) >= 11 is 0. The van der Waals surface area contributed by atoms with Crippen LogP contribution >= 0.6 is 0 Å². The number of likely N-dealkylation sites (tertiary alicyclic amines) is 2. The van der Waals surface area contributed by atoms with Crippen LogP contribution in [0.5, 0.6) is 0 Å². The van der Waals surface area contributed by atoms with E-state index in [-0.39, 0.29) is 17.9 Å². The summed E-state index contributed by atoms with van der Waals surface area (Å²) in [6, 6.07) is 8.05. The van der Waals surface area contributed by atoms with E-state index in [0.29, 0.717) is 5.91 Å². The number of hydrogen-bond donors (Lipinski definition) is 2. The third kappa shape index (κ3) is 4.92. The topological polar surface area (TPSA) is 64.7 Å². The Morgan fingerprint density at radius 3 is 2.52 bits per heavy atom. The SMILES string of the molecule is O=C(c1ccccc1N[C@@H]1CCCN(C(=O)C2CCCNC2)C1)N1CCCCC1. The molecule has 0 bridgehead atoms. The zero-order valence-corrected chi connectivity index (χ0v) is 17.4. The Labute approximate surface area is 174 Å². The molecule has 3 heterocycles. The van der Waals surface area contributed by atoms with E-state index in [1.807, 2.05) is 34.1 Å². The van der Waals surface area contributed by atoms with Gasteiger partial charge in [-0.25, -0.2) is 0 Å². The van der Waals surface area contributed by atoms with Crippen LogP contribution < -0.4 is 10.6 Å². The summed E-state index contributed by atoms with van der Waals surface area (Å²) in [7, 11) is 0. The quantitative estimate of drug-likeness (QED) is 0.819. The molecule has 4 rings (SSSR count). The highest BCUT2D eigenvalue weighted by molar-refractivity contribution is 5.99. The van der Waals surface area contributed by atoms with Gasteiger partial charge in [0.2, 0.25) is 5.91 Å². The lowest BCUT2D eigenvalue weighted by Crippen LogP contribution is -2.49. The fourth-order valence-corrected chi connectivity index (χ4v) is 4.90. The fourth-order valence-electron chi connectivity index (χ4n) is 4.90. The van der Waals surface area contributed by atoms with E-state index in [4.69, 9.17) is 0 Å². The van der Waals surface area contributed by atoms with Crippen molar-refractivity contribution >= 4 is 17.5 Å². The van der Waals surface area contributed by atoms with Gasteiger partial charge in [0, 0.05) is 44.5 Å². The third-order valence-electron chi connectivity index (χ3n) is 6.54. The van der Waals surface area contributed by atoms with Gasteiger partial charge >= 0.3 is 0 Å². The lowest BCUT2D eigenvalue weighted by Gasteiger charge is -2.37. The zero-order valence-electron chi connectivity index (χ0n) is 17.4. The first-order chi connectivity index (χ1) is 14.2. The molecule has 158 valence electrons. The van der Waals surface area contributed by atoms with Crippen molar-refractivity contribution in [3.05, 3.63) is 29.8 Å². The van der Waals surface area contributed by atoms with Gasteiger partial charge in [-0.2, -0.15) is 0 Å². The van der Waals surface area contributed by atoms with Crippen LogP contribution in [0.25, 0.3) is 0 Å². The molecule has 1 unspecified atom stereocenters. The summed E-state index contributed by atoms with van der Waals surface area (Å²) in [4.78, 5) is 30.0. The number of benzene rings is 1. The molecule has 0 saturated carbocycles. The van der Waals surface area contributed by atoms with Crippen LogP contribution in [0.1, 0.15) is 55.3 Å². The molecule has 3 aliphatic heterocycles. The Kier molecular flexibility index (Phi) is 6.70. The monoisotopic (exact) mass is 398 g/mol. The minimum Gasteiger partial charge on any atom is -0.380 e. The minimum absolute atomic E-state index is 0.121. The van der Waals surface area contributed by atoms with Crippen molar-refractivity contribution in [3.8, 4) is 0 Å². The van der Waals surface area contributed by atoms with Gasteiger partial charge in [0.15, 0.2) is 0 Å². The number of piperidine rings is 3. The molecule has 0 radical (unpaired) electrons. The van der Waals surface area contributed by atoms with E-state index in [1.165, 1.54) is 6.42 Å². The molecule has 3 aliphatic rings. The second-order valence-electron chi connectivity index (χ2n) is 8.71. The third-order valence-corrected chi connectivity index (χ3v) is 6.54. The van der Waals surface area contributed by atoms with Crippen molar-refractivity contribution in [2.75, 3.05) is 44.6 Å². The van der Waals surface area contributed by atoms with E-state index in [9.17, 15) is 9.59 Å². The van der Waals surface area contributed by atoms with Gasteiger partial charge in [0.05, 0.1) is 11.5 Å². The van der Waals surface area contributed by atoms with Gasteiger partial charge in [-0.3, -0.25) is 9.59 Å². The lowest BCUT2D eigenvalue weighted by molar-refractivity contribution is -0.137. The maximum atomic E-state index is 13.1. The molecule has 2 amide bonds. The first-order valence-electron chi connectivity index (χ1n) is 11.4. The van der Waals surface area contributed by atoms with Crippen molar-refractivity contribution in [1.82, 2.24) is 15.1 Å². The number of carbonyl (C=O) groups is 2. The first kappa shape index (κ1) is 20.2. The van der Waals surface area contributed by atoms with Gasteiger partial charge in [0.25, 0.3) is 5.91 Å². The highest BCUT2D eigenvalue weighted by Crippen LogP contribution is 2.24. The van der Waals surface area contributed by atoms with Crippen LogP contribution in [0.3, 0.4) is 0 Å². The second kappa shape index (κ2) is 9.61. The molecule has 3 fully saturated rings. The van der Waals surface area contributed by atoms with Crippen molar-refractivity contribution < 1.29 is 9.59 Å². The molecule has 6 heteroatoms. The van der Waals surface area contributed by atoms with E-state index in [1.54, 1.807) is 0 Å². The predicted octanol–water partition coefficient (Wildman–Crippen LogP) is 2.72. The Balaban J connectivity index is 1.41. The largest absolute Gasteiger partial charge is 0.380 e. The van der Waals surface area contributed by atoms with E-state index >= 15 is 0 Å². The molecule has 2 atom stereocenters. The lowest BCUT2D eigenvalue weighted by atomic mass is 9.96. The summed E-state index contributed by atoms with van der Waals surface area (Å²) in [5.41, 5.74) is 1.66. The number of carbonyl (C=O) groups excluding carboxylic acids is 2. The Hall–Kier alpha value is -2.08. The summed E-state index contributed by atoms with van der Waals surface area (Å²) in [5.74, 6) is 0.543. The van der Waals surface area contributed by atoms with Crippen molar-refractivity contribution in [1.29, 1.82) is 0 Å². The summed E-state index contributed by atoms with van der Waals surface area (Å²) in [5, 5.41) is 6.95. The summed E-state index contributed by atoms with van der Waals surface area (Å²) in [6.45, 7) is 5.11.